The monoisotopic (exact) mass is 286 g/mol. The Bertz CT molecular complexity index is 591. The Hall–Kier alpha value is -2.08. The summed E-state index contributed by atoms with van der Waals surface area (Å²) in [5.41, 5.74) is 1.31. The van der Waals surface area contributed by atoms with E-state index in [2.05, 4.69) is 4.74 Å². The van der Waals surface area contributed by atoms with Gasteiger partial charge in [0.05, 0.1) is 6.61 Å². The van der Waals surface area contributed by atoms with E-state index in [1.807, 2.05) is 0 Å². The van der Waals surface area contributed by atoms with Crippen molar-refractivity contribution in [3.8, 4) is 16.9 Å². The Morgan fingerprint density at radius 2 is 1.65 bits per heavy atom. The van der Waals surface area contributed by atoms with Crippen LogP contribution in [0.4, 0.5) is 17.6 Å². The number of aliphatic hydroxyl groups excluding tert-OH is 1. The second-order valence-corrected chi connectivity index (χ2v) is 4.04. The summed E-state index contributed by atoms with van der Waals surface area (Å²) < 4.78 is 53.5. The molecule has 0 saturated carbocycles. The van der Waals surface area contributed by atoms with Crippen molar-refractivity contribution in [3.05, 3.63) is 53.8 Å². The standard InChI is InChI=1S/C14H10F4O2/c15-13-7-11(20-14(16,17)18)5-6-12(13)10-3-1-9(8-19)2-4-10/h1-7,19H,8H2. The highest BCUT2D eigenvalue weighted by Gasteiger charge is 2.31. The molecule has 0 heterocycles. The van der Waals surface area contributed by atoms with Crippen molar-refractivity contribution in [2.24, 2.45) is 0 Å². The third-order valence-electron chi connectivity index (χ3n) is 2.62. The van der Waals surface area contributed by atoms with Gasteiger partial charge in [0.15, 0.2) is 0 Å². The number of alkyl halides is 3. The maximum Gasteiger partial charge on any atom is 0.573 e. The molecule has 0 bridgehead atoms. The Morgan fingerprint density at radius 1 is 1.00 bits per heavy atom. The highest BCUT2D eigenvalue weighted by atomic mass is 19.4. The van der Waals surface area contributed by atoms with Crippen molar-refractivity contribution in [2.45, 2.75) is 13.0 Å². The highest BCUT2D eigenvalue weighted by molar-refractivity contribution is 5.65. The second kappa shape index (κ2) is 5.50. The van der Waals surface area contributed by atoms with Gasteiger partial charge in [0.2, 0.25) is 0 Å². The summed E-state index contributed by atoms with van der Waals surface area (Å²) in [5, 5.41) is 8.90. The van der Waals surface area contributed by atoms with Crippen LogP contribution < -0.4 is 4.74 Å². The van der Waals surface area contributed by atoms with Crippen LogP contribution in [0, 0.1) is 5.82 Å². The minimum Gasteiger partial charge on any atom is -0.406 e. The lowest BCUT2D eigenvalue weighted by molar-refractivity contribution is -0.274. The van der Waals surface area contributed by atoms with E-state index >= 15 is 0 Å². The fraction of sp³-hybridized carbons (Fsp3) is 0.143. The molecule has 2 nitrogen and oxygen atoms in total. The van der Waals surface area contributed by atoms with Crippen LogP contribution in [-0.2, 0) is 6.61 Å². The van der Waals surface area contributed by atoms with Gasteiger partial charge in [-0.05, 0) is 23.3 Å². The minimum absolute atomic E-state index is 0.138. The summed E-state index contributed by atoms with van der Waals surface area (Å²) in [7, 11) is 0. The van der Waals surface area contributed by atoms with Gasteiger partial charge in [-0.3, -0.25) is 0 Å². The molecule has 0 aromatic heterocycles. The van der Waals surface area contributed by atoms with Crippen molar-refractivity contribution in [1.82, 2.24) is 0 Å². The van der Waals surface area contributed by atoms with E-state index in [1.165, 1.54) is 6.07 Å². The van der Waals surface area contributed by atoms with Crippen molar-refractivity contribution < 1.29 is 27.4 Å². The summed E-state index contributed by atoms with van der Waals surface area (Å²) in [5.74, 6) is -1.42. The van der Waals surface area contributed by atoms with Crippen LogP contribution in [0.25, 0.3) is 11.1 Å². The first-order valence-electron chi connectivity index (χ1n) is 5.64. The van der Waals surface area contributed by atoms with Gasteiger partial charge in [-0.1, -0.05) is 24.3 Å². The molecule has 0 aliphatic carbocycles. The summed E-state index contributed by atoms with van der Waals surface area (Å²) in [4.78, 5) is 0. The molecule has 6 heteroatoms. The fourth-order valence-corrected chi connectivity index (χ4v) is 1.72. The van der Waals surface area contributed by atoms with Gasteiger partial charge in [0, 0.05) is 11.6 Å². The molecule has 0 fully saturated rings. The van der Waals surface area contributed by atoms with E-state index in [1.54, 1.807) is 24.3 Å². The average molecular weight is 286 g/mol. The Balaban J connectivity index is 2.29. The predicted molar refractivity (Wildman–Crippen MR) is 64.4 cm³/mol. The van der Waals surface area contributed by atoms with Gasteiger partial charge in [-0.2, -0.15) is 0 Å². The largest absolute Gasteiger partial charge is 0.573 e. The van der Waals surface area contributed by atoms with Gasteiger partial charge >= 0.3 is 6.36 Å². The Kier molecular flexibility index (Phi) is 3.94. The van der Waals surface area contributed by atoms with Crippen molar-refractivity contribution >= 4 is 0 Å². The second-order valence-electron chi connectivity index (χ2n) is 4.04. The van der Waals surface area contributed by atoms with Crippen molar-refractivity contribution in [2.75, 3.05) is 0 Å². The average Bonchev–Trinajstić information content (AvgIpc) is 2.37. The smallest absolute Gasteiger partial charge is 0.406 e. The predicted octanol–water partition coefficient (Wildman–Crippen LogP) is 3.88. The van der Waals surface area contributed by atoms with Gasteiger partial charge in [0.1, 0.15) is 11.6 Å². The van der Waals surface area contributed by atoms with E-state index in [0.29, 0.717) is 17.2 Å². The summed E-state index contributed by atoms with van der Waals surface area (Å²) >= 11 is 0. The molecule has 0 atom stereocenters. The van der Waals surface area contributed by atoms with E-state index in [9.17, 15) is 17.6 Å². The molecule has 2 aromatic carbocycles. The van der Waals surface area contributed by atoms with Crippen LogP contribution >= 0.6 is 0 Å². The van der Waals surface area contributed by atoms with E-state index in [-0.39, 0.29) is 12.2 Å². The number of halogens is 4. The number of aliphatic hydroxyl groups is 1. The molecular weight excluding hydrogens is 276 g/mol. The molecule has 0 unspecified atom stereocenters. The first-order chi connectivity index (χ1) is 9.39. The quantitative estimate of drug-likeness (QED) is 0.868. The van der Waals surface area contributed by atoms with Crippen LogP contribution in [0.3, 0.4) is 0 Å². The lowest BCUT2D eigenvalue weighted by Crippen LogP contribution is -2.17. The molecule has 0 spiro atoms. The van der Waals surface area contributed by atoms with Crippen LogP contribution in [-0.4, -0.2) is 11.5 Å². The van der Waals surface area contributed by atoms with E-state index in [4.69, 9.17) is 5.11 Å². The fourth-order valence-electron chi connectivity index (χ4n) is 1.72. The van der Waals surface area contributed by atoms with E-state index in [0.717, 1.165) is 6.07 Å². The lowest BCUT2D eigenvalue weighted by Gasteiger charge is -2.10. The van der Waals surface area contributed by atoms with Gasteiger partial charge in [-0.25, -0.2) is 4.39 Å². The molecule has 0 radical (unpaired) electrons. The zero-order valence-electron chi connectivity index (χ0n) is 10.1. The summed E-state index contributed by atoms with van der Waals surface area (Å²) in [6.45, 7) is -0.138. The number of benzene rings is 2. The maximum atomic E-state index is 13.8. The van der Waals surface area contributed by atoms with Gasteiger partial charge < -0.3 is 9.84 Å². The topological polar surface area (TPSA) is 29.5 Å². The number of ether oxygens (including phenoxy) is 1. The van der Waals surface area contributed by atoms with Gasteiger partial charge in [0.25, 0.3) is 0 Å². The van der Waals surface area contributed by atoms with E-state index < -0.39 is 17.9 Å². The third-order valence-corrected chi connectivity index (χ3v) is 2.62. The maximum absolute atomic E-state index is 13.8. The van der Waals surface area contributed by atoms with Crippen molar-refractivity contribution in [3.63, 3.8) is 0 Å². The summed E-state index contributed by atoms with van der Waals surface area (Å²) in [6, 6.07) is 9.31. The normalized spacial score (nSPS) is 11.4. The van der Waals surface area contributed by atoms with Crippen LogP contribution in [0.2, 0.25) is 0 Å². The number of hydrogen-bond donors (Lipinski definition) is 1. The molecule has 106 valence electrons. The summed E-state index contributed by atoms with van der Waals surface area (Å²) in [6.07, 6.45) is -4.85. The Labute approximate surface area is 112 Å². The molecule has 2 aromatic rings. The molecule has 0 aliphatic rings. The molecule has 0 aliphatic heterocycles. The molecule has 20 heavy (non-hydrogen) atoms. The molecule has 0 saturated heterocycles. The van der Waals surface area contributed by atoms with Crippen LogP contribution in [0.15, 0.2) is 42.5 Å². The highest BCUT2D eigenvalue weighted by Crippen LogP contribution is 2.29. The van der Waals surface area contributed by atoms with Crippen LogP contribution in [0.5, 0.6) is 5.75 Å². The van der Waals surface area contributed by atoms with Gasteiger partial charge in [-0.15, -0.1) is 13.2 Å². The SMILES string of the molecule is OCc1ccc(-c2ccc(OC(F)(F)F)cc2F)cc1. The zero-order valence-corrected chi connectivity index (χ0v) is 10.1. The minimum atomic E-state index is -4.85. The van der Waals surface area contributed by atoms with Crippen molar-refractivity contribution in [1.29, 1.82) is 0 Å². The number of hydrogen-bond acceptors (Lipinski definition) is 2. The molecule has 0 amide bonds. The number of rotatable bonds is 3. The zero-order chi connectivity index (χ0) is 14.8. The molecular formula is C14H10F4O2. The molecule has 2 rings (SSSR count). The third kappa shape index (κ3) is 3.48. The Morgan fingerprint density at radius 3 is 2.15 bits per heavy atom. The first-order valence-corrected chi connectivity index (χ1v) is 5.64. The van der Waals surface area contributed by atoms with Crippen LogP contribution in [0.1, 0.15) is 5.56 Å². The first kappa shape index (κ1) is 14.3. The molecule has 1 N–H and O–H groups in total. The lowest BCUT2D eigenvalue weighted by atomic mass is 10.0.